The Morgan fingerprint density at radius 2 is 2.09 bits per heavy atom. The molecule has 0 saturated carbocycles. The number of aryl methyl sites for hydroxylation is 2. The third kappa shape index (κ3) is 1.60. The van der Waals surface area contributed by atoms with Crippen LogP contribution in [0, 0.1) is 6.92 Å². The summed E-state index contributed by atoms with van der Waals surface area (Å²) < 4.78 is 1.83. The van der Waals surface area contributed by atoms with Gasteiger partial charge < -0.3 is 5.73 Å². The van der Waals surface area contributed by atoms with Crippen LogP contribution in [0.5, 0.6) is 0 Å². The number of hydrogen-bond acceptors (Lipinski definition) is 2. The summed E-state index contributed by atoms with van der Waals surface area (Å²) in [5.41, 5.74) is 7.69. The molecule has 1 aromatic rings. The summed E-state index contributed by atoms with van der Waals surface area (Å²) in [5, 5.41) is 4.21. The number of nitrogens with two attached hydrogens (primary N) is 1. The second-order valence-electron chi connectivity index (χ2n) is 3.52. The molecule has 0 radical (unpaired) electrons. The van der Waals surface area contributed by atoms with Gasteiger partial charge in [0.2, 0.25) is 0 Å². The number of hydrogen-bond donors (Lipinski definition) is 1. The molecule has 0 aliphatic rings. The van der Waals surface area contributed by atoms with Crippen LogP contribution in [-0.2, 0) is 12.6 Å². The quantitative estimate of drug-likeness (QED) is 0.652. The first-order chi connectivity index (χ1) is 4.91. The summed E-state index contributed by atoms with van der Waals surface area (Å²) in [6, 6.07) is 2.01. The van der Waals surface area contributed by atoms with E-state index in [-0.39, 0.29) is 5.54 Å². The van der Waals surface area contributed by atoms with Gasteiger partial charge in [0.25, 0.3) is 0 Å². The van der Waals surface area contributed by atoms with Crippen LogP contribution >= 0.6 is 0 Å². The van der Waals surface area contributed by atoms with Crippen molar-refractivity contribution in [3.8, 4) is 0 Å². The van der Waals surface area contributed by atoms with Crippen molar-refractivity contribution in [2.75, 3.05) is 0 Å². The molecule has 0 spiro atoms. The Morgan fingerprint density at radius 3 is 2.27 bits per heavy atom. The maximum absolute atomic E-state index is 5.91. The first kappa shape index (κ1) is 8.27. The van der Waals surface area contributed by atoms with E-state index in [1.807, 2.05) is 38.6 Å². The van der Waals surface area contributed by atoms with E-state index in [1.54, 1.807) is 0 Å². The van der Waals surface area contributed by atoms with Gasteiger partial charge >= 0.3 is 0 Å². The molecule has 0 saturated heterocycles. The molecule has 1 heterocycles. The molecule has 0 unspecified atom stereocenters. The summed E-state index contributed by atoms with van der Waals surface area (Å²) in [4.78, 5) is 0. The predicted molar refractivity (Wildman–Crippen MR) is 45.2 cm³/mol. The Kier molecular flexibility index (Phi) is 1.76. The number of nitrogens with zero attached hydrogens (tertiary/aromatic N) is 2. The zero-order valence-electron chi connectivity index (χ0n) is 7.55. The van der Waals surface area contributed by atoms with Crippen LogP contribution in [0.1, 0.15) is 25.2 Å². The minimum Gasteiger partial charge on any atom is -0.321 e. The molecule has 1 rings (SSSR count). The van der Waals surface area contributed by atoms with Gasteiger partial charge in [0.15, 0.2) is 0 Å². The van der Waals surface area contributed by atoms with E-state index >= 15 is 0 Å². The fourth-order valence-corrected chi connectivity index (χ4v) is 1.21. The van der Waals surface area contributed by atoms with E-state index in [0.29, 0.717) is 0 Å². The molecule has 11 heavy (non-hydrogen) atoms. The molecule has 0 aliphatic heterocycles. The van der Waals surface area contributed by atoms with Crippen molar-refractivity contribution in [3.63, 3.8) is 0 Å². The molecule has 3 nitrogen and oxygen atoms in total. The molecule has 1 aromatic heterocycles. The van der Waals surface area contributed by atoms with Crippen molar-refractivity contribution in [3.05, 3.63) is 17.5 Å². The van der Waals surface area contributed by atoms with Gasteiger partial charge in [-0.2, -0.15) is 5.10 Å². The van der Waals surface area contributed by atoms with E-state index in [2.05, 4.69) is 5.10 Å². The minimum atomic E-state index is -0.296. The Bertz CT molecular complexity index is 255. The highest BCUT2D eigenvalue weighted by Gasteiger charge is 2.18. The lowest BCUT2D eigenvalue weighted by molar-refractivity contribution is 0.496. The number of aromatic nitrogens is 2. The fraction of sp³-hybridized carbons (Fsp3) is 0.625. The molecule has 0 atom stereocenters. The highest BCUT2D eigenvalue weighted by molar-refractivity contribution is 5.16. The molecule has 3 heteroatoms. The zero-order chi connectivity index (χ0) is 8.65. The molecular formula is C8H15N3. The lowest BCUT2D eigenvalue weighted by atomic mass is 10.0. The van der Waals surface area contributed by atoms with Gasteiger partial charge in [0, 0.05) is 7.05 Å². The van der Waals surface area contributed by atoms with Crippen molar-refractivity contribution in [1.82, 2.24) is 9.78 Å². The van der Waals surface area contributed by atoms with Gasteiger partial charge in [-0.25, -0.2) is 0 Å². The Balaban J connectivity index is 3.13. The Hall–Kier alpha value is -0.830. The van der Waals surface area contributed by atoms with E-state index < -0.39 is 0 Å². The van der Waals surface area contributed by atoms with Gasteiger partial charge in [0.05, 0.1) is 16.9 Å². The molecule has 0 aromatic carbocycles. The van der Waals surface area contributed by atoms with Gasteiger partial charge in [-0.05, 0) is 26.8 Å². The van der Waals surface area contributed by atoms with Gasteiger partial charge in [-0.3, -0.25) is 4.68 Å². The van der Waals surface area contributed by atoms with Crippen LogP contribution < -0.4 is 5.73 Å². The third-order valence-corrected chi connectivity index (χ3v) is 1.66. The molecule has 2 N–H and O–H groups in total. The summed E-state index contributed by atoms with van der Waals surface area (Å²) in [5.74, 6) is 0. The summed E-state index contributed by atoms with van der Waals surface area (Å²) in [7, 11) is 1.91. The first-order valence-corrected chi connectivity index (χ1v) is 3.71. The number of rotatable bonds is 1. The van der Waals surface area contributed by atoms with Crippen LogP contribution in [0.2, 0.25) is 0 Å². The average molecular weight is 153 g/mol. The van der Waals surface area contributed by atoms with Gasteiger partial charge in [-0.15, -0.1) is 0 Å². The van der Waals surface area contributed by atoms with Crippen molar-refractivity contribution < 1.29 is 0 Å². The molecule has 62 valence electrons. The largest absolute Gasteiger partial charge is 0.321 e. The molecule has 0 amide bonds. The average Bonchev–Trinajstić information content (AvgIpc) is 2.08. The highest BCUT2D eigenvalue weighted by atomic mass is 15.3. The lowest BCUT2D eigenvalue weighted by Gasteiger charge is -2.18. The fourth-order valence-electron chi connectivity index (χ4n) is 1.21. The topological polar surface area (TPSA) is 43.8 Å². The summed E-state index contributed by atoms with van der Waals surface area (Å²) in [6.45, 7) is 5.92. The Labute approximate surface area is 67.2 Å². The second-order valence-corrected chi connectivity index (χ2v) is 3.52. The van der Waals surface area contributed by atoms with E-state index in [4.69, 9.17) is 5.73 Å². The molecule has 0 fully saturated rings. The highest BCUT2D eigenvalue weighted by Crippen LogP contribution is 2.16. The monoisotopic (exact) mass is 153 g/mol. The van der Waals surface area contributed by atoms with E-state index in [1.165, 1.54) is 0 Å². The first-order valence-electron chi connectivity index (χ1n) is 3.71. The second kappa shape index (κ2) is 2.34. The maximum Gasteiger partial charge on any atom is 0.0597 e. The zero-order valence-corrected chi connectivity index (χ0v) is 7.55. The normalized spacial score (nSPS) is 12.1. The molecule has 0 aliphatic carbocycles. The Morgan fingerprint density at radius 1 is 1.55 bits per heavy atom. The third-order valence-electron chi connectivity index (χ3n) is 1.66. The lowest BCUT2D eigenvalue weighted by Crippen LogP contribution is -2.31. The SMILES string of the molecule is Cc1cc(C(C)(C)N)n(C)n1. The predicted octanol–water partition coefficient (Wildman–Crippen LogP) is 0.922. The van der Waals surface area contributed by atoms with E-state index in [0.717, 1.165) is 11.4 Å². The summed E-state index contributed by atoms with van der Waals surface area (Å²) in [6.07, 6.45) is 0. The van der Waals surface area contributed by atoms with Crippen molar-refractivity contribution in [2.24, 2.45) is 12.8 Å². The molecule has 0 bridgehead atoms. The standard InChI is InChI=1S/C8H15N3/c1-6-5-7(8(2,3)9)11(4)10-6/h5H,9H2,1-4H3. The van der Waals surface area contributed by atoms with Crippen molar-refractivity contribution in [2.45, 2.75) is 26.3 Å². The van der Waals surface area contributed by atoms with Crippen molar-refractivity contribution in [1.29, 1.82) is 0 Å². The summed E-state index contributed by atoms with van der Waals surface area (Å²) >= 11 is 0. The van der Waals surface area contributed by atoms with Crippen LogP contribution in [0.25, 0.3) is 0 Å². The minimum absolute atomic E-state index is 0.296. The van der Waals surface area contributed by atoms with Crippen molar-refractivity contribution >= 4 is 0 Å². The van der Waals surface area contributed by atoms with Crippen LogP contribution in [0.15, 0.2) is 6.07 Å². The van der Waals surface area contributed by atoms with Gasteiger partial charge in [0.1, 0.15) is 0 Å². The van der Waals surface area contributed by atoms with E-state index in [9.17, 15) is 0 Å². The van der Waals surface area contributed by atoms with Crippen LogP contribution in [0.3, 0.4) is 0 Å². The van der Waals surface area contributed by atoms with Gasteiger partial charge in [-0.1, -0.05) is 0 Å². The van der Waals surface area contributed by atoms with Crippen LogP contribution in [0.4, 0.5) is 0 Å². The smallest absolute Gasteiger partial charge is 0.0597 e. The molecular weight excluding hydrogens is 138 g/mol. The van der Waals surface area contributed by atoms with Crippen LogP contribution in [-0.4, -0.2) is 9.78 Å². The maximum atomic E-state index is 5.91.